The number of hydrogen-bond acceptors (Lipinski definition) is 7. The first-order chi connectivity index (χ1) is 16.1. The summed E-state index contributed by atoms with van der Waals surface area (Å²) < 4.78 is 7.66. The number of anilines is 2. The van der Waals surface area contributed by atoms with Gasteiger partial charge in [0.15, 0.2) is 5.16 Å². The van der Waals surface area contributed by atoms with Gasteiger partial charge in [0.05, 0.1) is 23.7 Å². The van der Waals surface area contributed by atoms with E-state index in [4.69, 9.17) is 4.74 Å². The molecule has 1 amide bonds. The number of nitrogens with one attached hydrogen (secondary N) is 1. The normalized spacial score (nSPS) is 14.7. The molecule has 1 saturated heterocycles. The molecule has 33 heavy (non-hydrogen) atoms. The van der Waals surface area contributed by atoms with Crippen LogP contribution in [0.1, 0.15) is 26.2 Å². The summed E-state index contributed by atoms with van der Waals surface area (Å²) in [7, 11) is 1.66. The van der Waals surface area contributed by atoms with Crippen LogP contribution in [-0.4, -0.2) is 52.4 Å². The lowest BCUT2D eigenvalue weighted by molar-refractivity contribution is -0.115. The number of para-hydroxylation sites is 3. The zero-order valence-electron chi connectivity index (χ0n) is 19.2. The van der Waals surface area contributed by atoms with Crippen molar-refractivity contribution in [2.45, 2.75) is 41.5 Å². The lowest BCUT2D eigenvalue weighted by Gasteiger charge is -2.28. The zero-order valence-corrected chi connectivity index (χ0v) is 20.8. The van der Waals surface area contributed by atoms with Gasteiger partial charge in [-0.3, -0.25) is 9.36 Å². The molecular formula is C24H29N5O2S2. The van der Waals surface area contributed by atoms with Gasteiger partial charge in [0.25, 0.3) is 0 Å². The predicted octanol–water partition coefficient (Wildman–Crippen LogP) is 5.11. The highest BCUT2D eigenvalue weighted by Crippen LogP contribution is 2.34. The molecule has 1 fully saturated rings. The molecule has 1 N–H and O–H groups in total. The summed E-state index contributed by atoms with van der Waals surface area (Å²) >= 11 is 3.01. The van der Waals surface area contributed by atoms with E-state index >= 15 is 0 Å². The van der Waals surface area contributed by atoms with Gasteiger partial charge in [-0.05, 0) is 56.7 Å². The first-order valence-electron chi connectivity index (χ1n) is 11.1. The molecule has 0 radical (unpaired) electrons. The van der Waals surface area contributed by atoms with Gasteiger partial charge in [0, 0.05) is 18.0 Å². The highest BCUT2D eigenvalue weighted by atomic mass is 32.2. The molecule has 2 aromatic carbocycles. The summed E-state index contributed by atoms with van der Waals surface area (Å²) in [6, 6.07) is 15.7. The molecular weight excluding hydrogens is 454 g/mol. The molecule has 0 saturated carbocycles. The molecule has 0 spiro atoms. The minimum absolute atomic E-state index is 0.0735. The van der Waals surface area contributed by atoms with Gasteiger partial charge in [0.2, 0.25) is 11.9 Å². The smallest absolute Gasteiger partial charge is 0.237 e. The quantitative estimate of drug-likeness (QED) is 0.447. The van der Waals surface area contributed by atoms with Crippen LogP contribution in [0.15, 0.2) is 58.6 Å². The Kier molecular flexibility index (Phi) is 7.82. The third-order valence-electron chi connectivity index (χ3n) is 5.60. The summed E-state index contributed by atoms with van der Waals surface area (Å²) in [5.41, 5.74) is 1.69. The Morgan fingerprint density at radius 3 is 2.55 bits per heavy atom. The van der Waals surface area contributed by atoms with Crippen LogP contribution in [0.4, 0.5) is 11.6 Å². The number of amides is 1. The van der Waals surface area contributed by atoms with Crippen LogP contribution in [0.2, 0.25) is 0 Å². The Hall–Kier alpha value is -2.65. The van der Waals surface area contributed by atoms with Crippen molar-refractivity contribution in [1.82, 2.24) is 14.8 Å². The standard InChI is InChI=1S/C24H29N5O2S2/c1-17(22(30)25-18-11-5-8-14-21(18)32-3)33-24-27-26-23(28-15-9-4-10-16-28)29(24)19-12-6-7-13-20(19)31-2/h5-8,11-14,17H,4,9-10,15-16H2,1-3H3,(H,25,30). The number of rotatable bonds is 8. The minimum Gasteiger partial charge on any atom is -0.495 e. The summed E-state index contributed by atoms with van der Waals surface area (Å²) in [5.74, 6) is 1.46. The number of carbonyl (C=O) groups excluding carboxylic acids is 1. The van der Waals surface area contributed by atoms with E-state index in [0.29, 0.717) is 5.16 Å². The maximum Gasteiger partial charge on any atom is 0.237 e. The van der Waals surface area contributed by atoms with Crippen LogP contribution in [-0.2, 0) is 4.79 Å². The van der Waals surface area contributed by atoms with Gasteiger partial charge in [-0.1, -0.05) is 36.0 Å². The van der Waals surface area contributed by atoms with E-state index in [-0.39, 0.29) is 11.2 Å². The highest BCUT2D eigenvalue weighted by Gasteiger charge is 2.26. The summed E-state index contributed by atoms with van der Waals surface area (Å²) in [6.07, 6.45) is 5.50. The van der Waals surface area contributed by atoms with Crippen LogP contribution < -0.4 is 15.0 Å². The van der Waals surface area contributed by atoms with E-state index < -0.39 is 0 Å². The Bertz CT molecular complexity index is 1100. The van der Waals surface area contributed by atoms with E-state index in [1.165, 1.54) is 18.2 Å². The summed E-state index contributed by atoms with van der Waals surface area (Å²) in [5, 5.41) is 12.4. The fourth-order valence-electron chi connectivity index (χ4n) is 3.86. The molecule has 0 bridgehead atoms. The average Bonchev–Trinajstić information content (AvgIpc) is 3.28. The van der Waals surface area contributed by atoms with E-state index in [1.807, 2.05) is 66.3 Å². The van der Waals surface area contributed by atoms with Crippen molar-refractivity contribution in [3.8, 4) is 11.4 Å². The van der Waals surface area contributed by atoms with Crippen molar-refractivity contribution in [2.24, 2.45) is 0 Å². The first-order valence-corrected chi connectivity index (χ1v) is 13.2. The summed E-state index contributed by atoms with van der Waals surface area (Å²) in [4.78, 5) is 16.3. The van der Waals surface area contributed by atoms with Gasteiger partial charge in [-0.15, -0.1) is 22.0 Å². The largest absolute Gasteiger partial charge is 0.495 e. The highest BCUT2D eigenvalue weighted by molar-refractivity contribution is 8.00. The Labute approximate surface area is 203 Å². The molecule has 7 nitrogen and oxygen atoms in total. The lowest BCUT2D eigenvalue weighted by Crippen LogP contribution is -2.32. The molecule has 1 aromatic heterocycles. The topological polar surface area (TPSA) is 72.3 Å². The molecule has 9 heteroatoms. The number of hydrogen-bond donors (Lipinski definition) is 1. The first kappa shape index (κ1) is 23.5. The van der Waals surface area contributed by atoms with Gasteiger partial charge >= 0.3 is 0 Å². The van der Waals surface area contributed by atoms with E-state index in [2.05, 4.69) is 20.4 Å². The Morgan fingerprint density at radius 1 is 1.06 bits per heavy atom. The second kappa shape index (κ2) is 11.0. The maximum atomic E-state index is 13.0. The van der Waals surface area contributed by atoms with Crippen molar-refractivity contribution in [3.63, 3.8) is 0 Å². The molecule has 1 aliphatic heterocycles. The maximum absolute atomic E-state index is 13.0. The van der Waals surface area contributed by atoms with Crippen molar-refractivity contribution in [1.29, 1.82) is 0 Å². The molecule has 1 unspecified atom stereocenters. The number of carbonyl (C=O) groups is 1. The predicted molar refractivity (Wildman–Crippen MR) is 136 cm³/mol. The lowest BCUT2D eigenvalue weighted by atomic mass is 10.1. The van der Waals surface area contributed by atoms with E-state index in [1.54, 1.807) is 18.9 Å². The van der Waals surface area contributed by atoms with Crippen LogP contribution in [0.3, 0.4) is 0 Å². The van der Waals surface area contributed by atoms with Crippen LogP contribution in [0.5, 0.6) is 5.75 Å². The Balaban J connectivity index is 1.63. The molecule has 1 aliphatic rings. The monoisotopic (exact) mass is 483 g/mol. The van der Waals surface area contributed by atoms with Crippen LogP contribution in [0.25, 0.3) is 5.69 Å². The number of benzene rings is 2. The van der Waals surface area contributed by atoms with Crippen molar-refractivity contribution >= 4 is 41.1 Å². The number of thioether (sulfide) groups is 2. The van der Waals surface area contributed by atoms with E-state index in [0.717, 1.165) is 53.9 Å². The average molecular weight is 484 g/mol. The van der Waals surface area contributed by atoms with Gasteiger partial charge in [-0.25, -0.2) is 0 Å². The molecule has 1 atom stereocenters. The van der Waals surface area contributed by atoms with E-state index in [9.17, 15) is 4.79 Å². The van der Waals surface area contributed by atoms with Gasteiger partial charge in [0.1, 0.15) is 5.75 Å². The van der Waals surface area contributed by atoms with Gasteiger partial charge < -0.3 is 15.0 Å². The number of piperidine rings is 1. The fourth-order valence-corrected chi connectivity index (χ4v) is 5.27. The summed E-state index contributed by atoms with van der Waals surface area (Å²) in [6.45, 7) is 3.78. The number of methoxy groups -OCH3 is 1. The zero-order chi connectivity index (χ0) is 23.2. The van der Waals surface area contributed by atoms with Gasteiger partial charge in [-0.2, -0.15) is 0 Å². The van der Waals surface area contributed by atoms with Crippen molar-refractivity contribution in [2.75, 3.05) is 36.7 Å². The SMILES string of the molecule is COc1ccccc1-n1c(SC(C)C(=O)Nc2ccccc2SC)nnc1N1CCCCC1. The van der Waals surface area contributed by atoms with Crippen LogP contribution in [0, 0.1) is 0 Å². The second-order valence-electron chi connectivity index (χ2n) is 7.79. The fraction of sp³-hybridized carbons (Fsp3) is 0.375. The molecule has 4 rings (SSSR count). The number of aromatic nitrogens is 3. The Morgan fingerprint density at radius 2 is 1.79 bits per heavy atom. The minimum atomic E-state index is -0.369. The van der Waals surface area contributed by atoms with Crippen LogP contribution >= 0.6 is 23.5 Å². The third-order valence-corrected chi connectivity index (χ3v) is 7.44. The number of nitrogens with zero attached hydrogens (tertiary/aromatic N) is 4. The van der Waals surface area contributed by atoms with Crippen molar-refractivity contribution < 1.29 is 9.53 Å². The number of ether oxygens (including phenoxy) is 1. The molecule has 3 aromatic rings. The second-order valence-corrected chi connectivity index (χ2v) is 9.94. The molecule has 174 valence electrons. The molecule has 2 heterocycles. The molecule has 0 aliphatic carbocycles. The van der Waals surface area contributed by atoms with Crippen molar-refractivity contribution in [3.05, 3.63) is 48.5 Å². The third kappa shape index (κ3) is 5.30.